The van der Waals surface area contributed by atoms with Crippen molar-refractivity contribution >= 4 is 0 Å². The van der Waals surface area contributed by atoms with Crippen LogP contribution in [0.3, 0.4) is 0 Å². The third-order valence-electron chi connectivity index (χ3n) is 2.69. The maximum absolute atomic E-state index is 4.26. The van der Waals surface area contributed by atoms with E-state index in [9.17, 15) is 0 Å². The van der Waals surface area contributed by atoms with E-state index in [-0.39, 0.29) is 5.54 Å². The summed E-state index contributed by atoms with van der Waals surface area (Å²) < 4.78 is 2.01. The second-order valence-electron chi connectivity index (χ2n) is 6.79. The molecule has 0 amide bonds. The van der Waals surface area contributed by atoms with Crippen LogP contribution in [0.15, 0.2) is 6.20 Å². The molecule has 0 spiro atoms. The lowest BCUT2D eigenvalue weighted by Gasteiger charge is -2.32. The topological polar surface area (TPSA) is 30.7 Å². The molecular weight excluding hydrogens is 198 g/mol. The Morgan fingerprint density at radius 1 is 1.19 bits per heavy atom. The molecule has 0 bridgehead atoms. The minimum absolute atomic E-state index is 0.0262. The molecule has 1 aromatic rings. The van der Waals surface area contributed by atoms with Gasteiger partial charge in [0.1, 0.15) is 0 Å². The molecular formula is C13H25N3. The second-order valence-corrected chi connectivity index (χ2v) is 6.79. The second kappa shape index (κ2) is 4.19. The Morgan fingerprint density at radius 2 is 1.75 bits per heavy atom. The molecule has 0 fully saturated rings. The Labute approximate surface area is 99.2 Å². The Kier molecular flexibility index (Phi) is 3.46. The van der Waals surface area contributed by atoms with Crippen LogP contribution in [0.1, 0.15) is 66.5 Å². The summed E-state index contributed by atoms with van der Waals surface area (Å²) in [6.07, 6.45) is 3.16. The summed E-state index contributed by atoms with van der Waals surface area (Å²) in [5.74, 6) is 0.444. The summed E-state index contributed by atoms with van der Waals surface area (Å²) in [6, 6.07) is 0. The summed E-state index contributed by atoms with van der Waals surface area (Å²) in [4.78, 5) is 0. The first-order valence-electron chi connectivity index (χ1n) is 6.04. The van der Waals surface area contributed by atoms with Crippen LogP contribution in [-0.2, 0) is 5.54 Å². The molecule has 1 heterocycles. The average molecular weight is 223 g/mol. The molecule has 0 saturated carbocycles. The van der Waals surface area contributed by atoms with Gasteiger partial charge >= 0.3 is 0 Å². The third-order valence-corrected chi connectivity index (χ3v) is 2.69. The molecule has 0 radical (unpaired) electrons. The largest absolute Gasteiger partial charge is 0.247 e. The zero-order chi connectivity index (χ0) is 12.6. The molecule has 92 valence electrons. The van der Waals surface area contributed by atoms with Crippen LogP contribution < -0.4 is 0 Å². The van der Waals surface area contributed by atoms with Crippen molar-refractivity contribution in [2.45, 2.75) is 66.3 Å². The molecule has 0 aromatic carbocycles. The smallest absolute Gasteiger partial charge is 0.0852 e. The van der Waals surface area contributed by atoms with Crippen molar-refractivity contribution < 1.29 is 0 Å². The monoisotopic (exact) mass is 223 g/mol. The van der Waals surface area contributed by atoms with Crippen molar-refractivity contribution in [1.29, 1.82) is 0 Å². The third kappa shape index (κ3) is 3.32. The quantitative estimate of drug-likeness (QED) is 0.784. The number of hydrogen-bond donors (Lipinski definition) is 0. The Morgan fingerprint density at radius 3 is 2.12 bits per heavy atom. The van der Waals surface area contributed by atoms with E-state index in [0.29, 0.717) is 11.3 Å². The van der Waals surface area contributed by atoms with Gasteiger partial charge in [-0.05, 0) is 31.6 Å². The lowest BCUT2D eigenvalue weighted by atomic mass is 9.82. The Balaban J connectivity index is 2.89. The summed E-state index contributed by atoms with van der Waals surface area (Å²) >= 11 is 0. The number of rotatable bonds is 3. The normalized spacial score (nSPS) is 13.5. The van der Waals surface area contributed by atoms with E-state index in [1.54, 1.807) is 0 Å². The molecule has 1 aromatic heterocycles. The molecule has 3 nitrogen and oxygen atoms in total. The van der Waals surface area contributed by atoms with Crippen molar-refractivity contribution in [2.24, 2.45) is 5.41 Å². The molecule has 3 heteroatoms. The van der Waals surface area contributed by atoms with Crippen molar-refractivity contribution in [3.05, 3.63) is 11.9 Å². The number of hydrogen-bond acceptors (Lipinski definition) is 2. The van der Waals surface area contributed by atoms with Gasteiger partial charge in [-0.2, -0.15) is 0 Å². The molecule has 0 atom stereocenters. The van der Waals surface area contributed by atoms with Crippen LogP contribution in [0.25, 0.3) is 0 Å². The highest BCUT2D eigenvalue weighted by Gasteiger charge is 2.28. The fourth-order valence-corrected chi connectivity index (χ4v) is 2.22. The van der Waals surface area contributed by atoms with Gasteiger partial charge in [0.15, 0.2) is 0 Å². The fourth-order valence-electron chi connectivity index (χ4n) is 2.22. The molecule has 0 unspecified atom stereocenters. The molecule has 0 aliphatic rings. The van der Waals surface area contributed by atoms with Gasteiger partial charge < -0.3 is 0 Å². The van der Waals surface area contributed by atoms with Gasteiger partial charge in [-0.1, -0.05) is 39.8 Å². The van der Waals surface area contributed by atoms with E-state index >= 15 is 0 Å². The predicted molar refractivity (Wildman–Crippen MR) is 67.5 cm³/mol. The highest BCUT2D eigenvalue weighted by Crippen LogP contribution is 2.31. The van der Waals surface area contributed by atoms with Gasteiger partial charge in [-0.3, -0.25) is 0 Å². The summed E-state index contributed by atoms with van der Waals surface area (Å²) in [5, 5.41) is 8.48. The average Bonchev–Trinajstić information content (AvgIpc) is 2.46. The maximum Gasteiger partial charge on any atom is 0.0852 e. The van der Waals surface area contributed by atoms with Crippen molar-refractivity contribution in [1.82, 2.24) is 15.0 Å². The summed E-state index contributed by atoms with van der Waals surface area (Å²) in [5.41, 5.74) is 1.40. The van der Waals surface area contributed by atoms with Crippen molar-refractivity contribution in [3.63, 3.8) is 0 Å². The van der Waals surface area contributed by atoms with Gasteiger partial charge in [-0.15, -0.1) is 5.10 Å². The number of aromatic nitrogens is 3. The molecule has 1 rings (SSSR count). The van der Waals surface area contributed by atoms with E-state index < -0.39 is 0 Å². The lowest BCUT2D eigenvalue weighted by Crippen LogP contribution is -2.32. The van der Waals surface area contributed by atoms with Crippen LogP contribution in [0.4, 0.5) is 0 Å². The fraction of sp³-hybridized carbons (Fsp3) is 0.846. The SMILES string of the molecule is CC(C)c1cn(C(C)(C)CC(C)(C)C)nn1. The lowest BCUT2D eigenvalue weighted by molar-refractivity contribution is 0.195. The Hall–Kier alpha value is -0.860. The van der Waals surface area contributed by atoms with E-state index in [1.807, 2.05) is 4.68 Å². The van der Waals surface area contributed by atoms with Gasteiger partial charge in [0.05, 0.1) is 11.2 Å². The Bertz CT molecular complexity index is 342. The van der Waals surface area contributed by atoms with Crippen molar-refractivity contribution in [3.8, 4) is 0 Å². The van der Waals surface area contributed by atoms with Crippen LogP contribution in [-0.4, -0.2) is 15.0 Å². The van der Waals surface area contributed by atoms with Crippen LogP contribution in [0.2, 0.25) is 0 Å². The standard InChI is InChI=1S/C13H25N3/c1-10(2)11-8-16(15-14-11)13(6,7)9-12(3,4)5/h8,10H,9H2,1-7H3. The van der Waals surface area contributed by atoms with E-state index in [1.165, 1.54) is 0 Å². The van der Waals surface area contributed by atoms with Crippen LogP contribution in [0, 0.1) is 5.41 Å². The van der Waals surface area contributed by atoms with E-state index in [0.717, 1.165) is 12.1 Å². The first-order chi connectivity index (χ1) is 7.12. The summed E-state index contributed by atoms with van der Waals surface area (Å²) in [7, 11) is 0. The van der Waals surface area contributed by atoms with Crippen molar-refractivity contribution in [2.75, 3.05) is 0 Å². The van der Waals surface area contributed by atoms with Crippen LogP contribution in [0.5, 0.6) is 0 Å². The van der Waals surface area contributed by atoms with Gasteiger partial charge in [-0.25, -0.2) is 4.68 Å². The minimum Gasteiger partial charge on any atom is -0.247 e. The number of nitrogens with zero attached hydrogens (tertiary/aromatic N) is 3. The van der Waals surface area contributed by atoms with Gasteiger partial charge in [0.25, 0.3) is 0 Å². The maximum atomic E-state index is 4.26. The molecule has 0 aliphatic carbocycles. The first kappa shape index (κ1) is 13.2. The summed E-state index contributed by atoms with van der Waals surface area (Å²) in [6.45, 7) is 15.5. The van der Waals surface area contributed by atoms with E-state index in [4.69, 9.17) is 0 Å². The predicted octanol–water partition coefficient (Wildman–Crippen LogP) is 3.57. The molecule has 16 heavy (non-hydrogen) atoms. The molecule has 0 saturated heterocycles. The molecule has 0 aliphatic heterocycles. The zero-order valence-electron chi connectivity index (χ0n) is 11.7. The first-order valence-corrected chi connectivity index (χ1v) is 6.04. The molecule has 0 N–H and O–H groups in total. The zero-order valence-corrected chi connectivity index (χ0v) is 11.7. The van der Waals surface area contributed by atoms with Gasteiger partial charge in [0, 0.05) is 6.20 Å². The highest BCUT2D eigenvalue weighted by atomic mass is 15.4. The van der Waals surface area contributed by atoms with Gasteiger partial charge in [0.2, 0.25) is 0 Å². The highest BCUT2D eigenvalue weighted by molar-refractivity contribution is 5.00. The van der Waals surface area contributed by atoms with Crippen LogP contribution >= 0.6 is 0 Å². The van der Waals surface area contributed by atoms with E-state index in [2.05, 4.69) is 65.0 Å². The minimum atomic E-state index is 0.0262.